The summed E-state index contributed by atoms with van der Waals surface area (Å²) in [5.41, 5.74) is 0.320. The van der Waals surface area contributed by atoms with Gasteiger partial charge in [0.15, 0.2) is 5.82 Å². The number of tetrazole rings is 1. The van der Waals surface area contributed by atoms with Gasteiger partial charge in [0.2, 0.25) is 15.9 Å². The minimum atomic E-state index is -3.90. The first kappa shape index (κ1) is 19.5. The maximum absolute atomic E-state index is 14.1. The summed E-state index contributed by atoms with van der Waals surface area (Å²) in [5, 5.41) is 13.4. The molecule has 0 aliphatic rings. The SMILES string of the molecule is Cc1nnnn1-c1ccc(F)c(NC(=O)CN(C)S(=O)(=O)c2cccnc2)c1. The Bertz CT molecular complexity index is 1100. The van der Waals surface area contributed by atoms with Gasteiger partial charge < -0.3 is 5.32 Å². The van der Waals surface area contributed by atoms with Crippen molar-refractivity contribution in [2.24, 2.45) is 0 Å². The highest BCUT2D eigenvalue weighted by Gasteiger charge is 2.23. The van der Waals surface area contributed by atoms with Crippen LogP contribution in [0.3, 0.4) is 0 Å². The van der Waals surface area contributed by atoms with Gasteiger partial charge in [0, 0.05) is 19.4 Å². The number of aromatic nitrogens is 5. The standard InChI is InChI=1S/C16H16FN7O3S/c1-11-20-21-22-24(11)12-5-6-14(17)15(8-12)19-16(25)10-23(2)28(26,27)13-4-3-7-18-9-13/h3-9H,10H2,1-2H3,(H,19,25). The molecular formula is C16H16FN7O3S. The largest absolute Gasteiger partial charge is 0.322 e. The van der Waals surface area contributed by atoms with Crippen LogP contribution in [0.4, 0.5) is 10.1 Å². The van der Waals surface area contributed by atoms with Crippen LogP contribution in [0.5, 0.6) is 0 Å². The molecule has 0 spiro atoms. The zero-order valence-electron chi connectivity index (χ0n) is 14.9. The molecule has 2 aromatic heterocycles. The second kappa shape index (κ2) is 7.78. The quantitative estimate of drug-likeness (QED) is 0.642. The summed E-state index contributed by atoms with van der Waals surface area (Å²) in [6.45, 7) is 1.16. The monoisotopic (exact) mass is 405 g/mol. The fourth-order valence-corrected chi connectivity index (χ4v) is 3.46. The van der Waals surface area contributed by atoms with Crippen LogP contribution in [0.25, 0.3) is 5.69 Å². The van der Waals surface area contributed by atoms with Crippen molar-refractivity contribution >= 4 is 21.6 Å². The van der Waals surface area contributed by atoms with Gasteiger partial charge in [-0.3, -0.25) is 9.78 Å². The zero-order valence-corrected chi connectivity index (χ0v) is 15.8. The number of carbonyl (C=O) groups excluding carboxylic acids is 1. The molecule has 28 heavy (non-hydrogen) atoms. The maximum atomic E-state index is 14.1. The van der Waals surface area contributed by atoms with Crippen LogP contribution in [-0.4, -0.2) is 57.4 Å². The molecule has 0 saturated heterocycles. The Balaban J connectivity index is 1.75. The predicted octanol–water partition coefficient (Wildman–Crippen LogP) is 0.764. The van der Waals surface area contributed by atoms with Crippen molar-refractivity contribution < 1.29 is 17.6 Å². The predicted molar refractivity (Wildman–Crippen MR) is 96.5 cm³/mol. The molecule has 0 saturated carbocycles. The summed E-state index contributed by atoms with van der Waals surface area (Å²) in [4.78, 5) is 16.0. The van der Waals surface area contributed by atoms with Crippen LogP contribution in [0.2, 0.25) is 0 Å². The molecule has 10 nitrogen and oxygen atoms in total. The number of benzene rings is 1. The first-order valence-corrected chi connectivity index (χ1v) is 9.44. The Kier molecular flexibility index (Phi) is 5.42. The number of hydrogen-bond acceptors (Lipinski definition) is 7. The summed E-state index contributed by atoms with van der Waals surface area (Å²) >= 11 is 0. The molecule has 0 aliphatic heterocycles. The van der Waals surface area contributed by atoms with E-state index in [4.69, 9.17) is 0 Å². The average molecular weight is 405 g/mol. The molecule has 0 unspecified atom stereocenters. The first-order chi connectivity index (χ1) is 13.3. The van der Waals surface area contributed by atoms with E-state index in [2.05, 4.69) is 25.8 Å². The number of carbonyl (C=O) groups is 1. The number of nitrogens with one attached hydrogen (secondary N) is 1. The summed E-state index contributed by atoms with van der Waals surface area (Å²) in [5.74, 6) is -0.911. The van der Waals surface area contributed by atoms with Gasteiger partial charge in [0.1, 0.15) is 10.7 Å². The van der Waals surface area contributed by atoms with Crippen LogP contribution in [-0.2, 0) is 14.8 Å². The lowest BCUT2D eigenvalue weighted by molar-refractivity contribution is -0.116. The van der Waals surface area contributed by atoms with E-state index in [1.807, 2.05) is 0 Å². The summed E-state index contributed by atoms with van der Waals surface area (Å²) in [6.07, 6.45) is 2.62. The fourth-order valence-electron chi connectivity index (χ4n) is 2.37. The van der Waals surface area contributed by atoms with Gasteiger partial charge in [-0.15, -0.1) is 5.10 Å². The van der Waals surface area contributed by atoms with E-state index < -0.39 is 28.3 Å². The van der Waals surface area contributed by atoms with Crippen molar-refractivity contribution in [1.82, 2.24) is 29.5 Å². The fraction of sp³-hybridized carbons (Fsp3) is 0.188. The number of amides is 1. The van der Waals surface area contributed by atoms with Gasteiger partial charge in [-0.1, -0.05) is 0 Å². The lowest BCUT2D eigenvalue weighted by atomic mass is 10.2. The number of likely N-dealkylation sites (N-methyl/N-ethyl adjacent to an activating group) is 1. The zero-order chi connectivity index (χ0) is 20.3. The minimum absolute atomic E-state index is 0.0485. The van der Waals surface area contributed by atoms with Gasteiger partial charge in [-0.05, 0) is 47.7 Å². The molecule has 0 radical (unpaired) electrons. The van der Waals surface area contributed by atoms with Crippen LogP contribution in [0, 0.1) is 12.7 Å². The number of aryl methyl sites for hydroxylation is 1. The molecule has 1 N–H and O–H groups in total. The van der Waals surface area contributed by atoms with Crippen LogP contribution in [0.1, 0.15) is 5.82 Å². The van der Waals surface area contributed by atoms with Crippen molar-refractivity contribution in [3.8, 4) is 5.69 Å². The molecule has 146 valence electrons. The summed E-state index contributed by atoms with van der Waals surface area (Å²) < 4.78 is 41.2. The minimum Gasteiger partial charge on any atom is -0.322 e. The van der Waals surface area contributed by atoms with E-state index in [0.717, 1.165) is 10.4 Å². The maximum Gasteiger partial charge on any atom is 0.244 e. The van der Waals surface area contributed by atoms with Crippen LogP contribution >= 0.6 is 0 Å². The molecule has 1 amide bonds. The van der Waals surface area contributed by atoms with Crippen molar-refractivity contribution in [2.75, 3.05) is 18.9 Å². The lowest BCUT2D eigenvalue weighted by Crippen LogP contribution is -2.35. The van der Waals surface area contributed by atoms with Crippen LogP contribution < -0.4 is 5.32 Å². The molecule has 12 heteroatoms. The lowest BCUT2D eigenvalue weighted by Gasteiger charge is -2.17. The molecule has 0 aliphatic carbocycles. The van der Waals surface area contributed by atoms with Crippen molar-refractivity contribution in [1.29, 1.82) is 0 Å². The number of halogens is 1. The Hall–Kier alpha value is -3.25. The van der Waals surface area contributed by atoms with Crippen molar-refractivity contribution in [3.05, 3.63) is 54.4 Å². The Morgan fingerprint density at radius 2 is 2.11 bits per heavy atom. The highest BCUT2D eigenvalue weighted by Crippen LogP contribution is 2.19. The van der Waals surface area contributed by atoms with E-state index in [9.17, 15) is 17.6 Å². The first-order valence-electron chi connectivity index (χ1n) is 8.00. The smallest absolute Gasteiger partial charge is 0.244 e. The van der Waals surface area contributed by atoms with Gasteiger partial charge >= 0.3 is 0 Å². The van der Waals surface area contributed by atoms with E-state index in [0.29, 0.717) is 11.5 Å². The number of sulfonamides is 1. The Morgan fingerprint density at radius 3 is 2.75 bits per heavy atom. The van der Waals surface area contributed by atoms with Crippen molar-refractivity contribution in [3.63, 3.8) is 0 Å². The van der Waals surface area contributed by atoms with Crippen molar-refractivity contribution in [2.45, 2.75) is 11.8 Å². The molecule has 0 fully saturated rings. The second-order valence-electron chi connectivity index (χ2n) is 5.80. The topological polar surface area (TPSA) is 123 Å². The molecule has 2 heterocycles. The highest BCUT2D eigenvalue weighted by molar-refractivity contribution is 7.89. The summed E-state index contributed by atoms with van der Waals surface area (Å²) in [6, 6.07) is 6.80. The molecule has 3 aromatic rings. The number of rotatable bonds is 6. The van der Waals surface area contributed by atoms with E-state index in [1.54, 1.807) is 6.92 Å². The normalized spacial score (nSPS) is 11.6. The van der Waals surface area contributed by atoms with E-state index in [-0.39, 0.29) is 10.6 Å². The third-order valence-electron chi connectivity index (χ3n) is 3.80. The van der Waals surface area contributed by atoms with Gasteiger partial charge in [-0.25, -0.2) is 12.8 Å². The third-order valence-corrected chi connectivity index (χ3v) is 5.59. The van der Waals surface area contributed by atoms with Gasteiger partial charge in [0.05, 0.1) is 17.9 Å². The number of anilines is 1. The average Bonchev–Trinajstić information content (AvgIpc) is 3.10. The van der Waals surface area contributed by atoms with E-state index in [1.165, 1.54) is 48.4 Å². The van der Waals surface area contributed by atoms with E-state index >= 15 is 0 Å². The molecular weight excluding hydrogens is 389 g/mol. The Labute approximate surface area is 160 Å². The van der Waals surface area contributed by atoms with Gasteiger partial charge in [-0.2, -0.15) is 8.99 Å². The molecule has 0 bridgehead atoms. The Morgan fingerprint density at radius 1 is 1.32 bits per heavy atom. The molecule has 0 atom stereocenters. The number of pyridine rings is 1. The molecule has 1 aromatic carbocycles. The third kappa shape index (κ3) is 4.02. The van der Waals surface area contributed by atoms with Crippen LogP contribution in [0.15, 0.2) is 47.6 Å². The summed E-state index contributed by atoms with van der Waals surface area (Å²) in [7, 11) is -2.65. The second-order valence-corrected chi connectivity index (χ2v) is 7.84. The highest BCUT2D eigenvalue weighted by atomic mass is 32.2. The molecule has 3 rings (SSSR count). The number of nitrogens with zero attached hydrogens (tertiary/aromatic N) is 6. The number of hydrogen-bond donors (Lipinski definition) is 1. The van der Waals surface area contributed by atoms with Gasteiger partial charge in [0.25, 0.3) is 0 Å².